The molecule has 19 heavy (non-hydrogen) atoms. The predicted octanol–water partition coefficient (Wildman–Crippen LogP) is 1.17. The minimum absolute atomic E-state index is 0.289. The Morgan fingerprint density at radius 1 is 1.37 bits per heavy atom. The highest BCUT2D eigenvalue weighted by Gasteiger charge is 2.20. The molecule has 1 aromatic carbocycles. The van der Waals surface area contributed by atoms with Crippen LogP contribution in [0.2, 0.25) is 0 Å². The summed E-state index contributed by atoms with van der Waals surface area (Å²) >= 11 is 0. The zero-order valence-electron chi connectivity index (χ0n) is 11.8. The first kappa shape index (κ1) is 14.3. The van der Waals surface area contributed by atoms with E-state index < -0.39 is 0 Å². The van der Waals surface area contributed by atoms with Gasteiger partial charge in [-0.1, -0.05) is 18.2 Å². The number of benzene rings is 1. The summed E-state index contributed by atoms with van der Waals surface area (Å²) in [6.07, 6.45) is 1.30. The molecular weight excluding hydrogens is 238 g/mol. The van der Waals surface area contributed by atoms with Gasteiger partial charge in [-0.2, -0.15) is 0 Å². The SMILES string of the molecule is CN1CCOC(CN(CCCN)c2ccccc2)C1. The summed E-state index contributed by atoms with van der Waals surface area (Å²) in [6.45, 7) is 5.53. The third kappa shape index (κ3) is 4.49. The van der Waals surface area contributed by atoms with Gasteiger partial charge in [-0.3, -0.25) is 0 Å². The summed E-state index contributed by atoms with van der Waals surface area (Å²) in [6, 6.07) is 10.5. The second-order valence-electron chi connectivity index (χ2n) is 5.18. The van der Waals surface area contributed by atoms with Crippen molar-refractivity contribution in [2.45, 2.75) is 12.5 Å². The van der Waals surface area contributed by atoms with Crippen molar-refractivity contribution in [2.75, 3.05) is 51.3 Å². The van der Waals surface area contributed by atoms with Crippen LogP contribution in [0.1, 0.15) is 6.42 Å². The number of nitrogens with zero attached hydrogens (tertiary/aromatic N) is 2. The molecule has 106 valence electrons. The van der Waals surface area contributed by atoms with Crippen molar-refractivity contribution in [3.8, 4) is 0 Å². The Balaban J connectivity index is 1.97. The highest BCUT2D eigenvalue weighted by molar-refractivity contribution is 5.46. The Morgan fingerprint density at radius 2 is 2.16 bits per heavy atom. The van der Waals surface area contributed by atoms with Crippen molar-refractivity contribution in [1.82, 2.24) is 4.90 Å². The minimum atomic E-state index is 0.289. The van der Waals surface area contributed by atoms with Crippen molar-refractivity contribution in [1.29, 1.82) is 0 Å². The fourth-order valence-electron chi connectivity index (χ4n) is 2.47. The van der Waals surface area contributed by atoms with E-state index in [4.69, 9.17) is 10.5 Å². The van der Waals surface area contributed by atoms with Crippen molar-refractivity contribution in [3.63, 3.8) is 0 Å². The van der Waals surface area contributed by atoms with Gasteiger partial charge in [-0.25, -0.2) is 0 Å². The van der Waals surface area contributed by atoms with E-state index in [1.54, 1.807) is 0 Å². The molecule has 2 N–H and O–H groups in total. The molecule has 1 atom stereocenters. The Morgan fingerprint density at radius 3 is 2.84 bits per heavy atom. The summed E-state index contributed by atoms with van der Waals surface area (Å²) in [5.74, 6) is 0. The highest BCUT2D eigenvalue weighted by Crippen LogP contribution is 2.16. The van der Waals surface area contributed by atoms with E-state index >= 15 is 0 Å². The van der Waals surface area contributed by atoms with Gasteiger partial charge in [0.15, 0.2) is 0 Å². The van der Waals surface area contributed by atoms with Gasteiger partial charge in [0, 0.05) is 31.9 Å². The van der Waals surface area contributed by atoms with Gasteiger partial charge in [-0.05, 0) is 32.1 Å². The van der Waals surface area contributed by atoms with E-state index in [2.05, 4.69) is 47.2 Å². The lowest BCUT2D eigenvalue weighted by Crippen LogP contribution is -2.46. The van der Waals surface area contributed by atoms with Gasteiger partial charge < -0.3 is 20.3 Å². The van der Waals surface area contributed by atoms with E-state index in [1.165, 1.54) is 5.69 Å². The molecule has 1 saturated heterocycles. The average molecular weight is 263 g/mol. The first-order chi connectivity index (χ1) is 9.29. The Bertz CT molecular complexity index is 358. The summed E-state index contributed by atoms with van der Waals surface area (Å²) in [5, 5.41) is 0. The van der Waals surface area contributed by atoms with Gasteiger partial charge in [0.1, 0.15) is 0 Å². The molecular formula is C15H25N3O. The first-order valence-electron chi connectivity index (χ1n) is 7.10. The van der Waals surface area contributed by atoms with E-state index in [1.807, 2.05) is 0 Å². The van der Waals surface area contributed by atoms with E-state index in [0.717, 1.165) is 45.8 Å². The standard InChI is InChI=1S/C15H25N3O/c1-17-10-11-19-15(12-17)13-18(9-5-8-16)14-6-3-2-4-7-14/h2-4,6-7,15H,5,8-13,16H2,1H3. The molecule has 1 heterocycles. The van der Waals surface area contributed by atoms with Crippen LogP contribution in [0.15, 0.2) is 30.3 Å². The largest absolute Gasteiger partial charge is 0.374 e. The fourth-order valence-corrected chi connectivity index (χ4v) is 2.47. The van der Waals surface area contributed by atoms with Gasteiger partial charge in [0.2, 0.25) is 0 Å². The molecule has 4 nitrogen and oxygen atoms in total. The lowest BCUT2D eigenvalue weighted by Gasteiger charge is -2.35. The molecule has 0 aromatic heterocycles. The number of likely N-dealkylation sites (N-methyl/N-ethyl adjacent to an activating group) is 1. The van der Waals surface area contributed by atoms with E-state index in [0.29, 0.717) is 0 Å². The maximum atomic E-state index is 5.87. The number of ether oxygens (including phenoxy) is 1. The van der Waals surface area contributed by atoms with Crippen molar-refractivity contribution < 1.29 is 4.74 Å². The number of para-hydroxylation sites is 1. The smallest absolute Gasteiger partial charge is 0.0876 e. The van der Waals surface area contributed by atoms with Gasteiger partial charge >= 0.3 is 0 Å². The number of rotatable bonds is 6. The maximum Gasteiger partial charge on any atom is 0.0876 e. The average Bonchev–Trinajstić information content (AvgIpc) is 2.44. The zero-order valence-corrected chi connectivity index (χ0v) is 11.8. The molecule has 4 heteroatoms. The molecule has 0 saturated carbocycles. The molecule has 1 aromatic rings. The zero-order chi connectivity index (χ0) is 13.5. The quantitative estimate of drug-likeness (QED) is 0.836. The van der Waals surface area contributed by atoms with Crippen LogP contribution in [0.5, 0.6) is 0 Å². The molecule has 1 aliphatic rings. The molecule has 0 amide bonds. The topological polar surface area (TPSA) is 41.7 Å². The van der Waals surface area contributed by atoms with Crippen molar-refractivity contribution in [2.24, 2.45) is 5.73 Å². The predicted molar refractivity (Wildman–Crippen MR) is 79.6 cm³/mol. The molecule has 0 bridgehead atoms. The number of hydrogen-bond acceptors (Lipinski definition) is 4. The van der Waals surface area contributed by atoms with Crippen LogP contribution in [0.4, 0.5) is 5.69 Å². The van der Waals surface area contributed by atoms with Crippen LogP contribution in [0, 0.1) is 0 Å². The molecule has 0 radical (unpaired) electrons. The monoisotopic (exact) mass is 263 g/mol. The van der Waals surface area contributed by atoms with Crippen LogP contribution in [0.25, 0.3) is 0 Å². The van der Waals surface area contributed by atoms with Crippen LogP contribution in [0.3, 0.4) is 0 Å². The maximum absolute atomic E-state index is 5.87. The van der Waals surface area contributed by atoms with Crippen LogP contribution < -0.4 is 10.6 Å². The van der Waals surface area contributed by atoms with E-state index in [-0.39, 0.29) is 6.10 Å². The van der Waals surface area contributed by atoms with E-state index in [9.17, 15) is 0 Å². The van der Waals surface area contributed by atoms with Crippen LogP contribution >= 0.6 is 0 Å². The Kier molecular flexibility index (Phi) is 5.63. The summed E-state index contributed by atoms with van der Waals surface area (Å²) in [5.41, 5.74) is 6.90. The number of morpholine rings is 1. The highest BCUT2D eigenvalue weighted by atomic mass is 16.5. The normalized spacial score (nSPS) is 20.4. The Labute approximate surface area is 116 Å². The van der Waals surface area contributed by atoms with Crippen LogP contribution in [-0.2, 0) is 4.74 Å². The second kappa shape index (κ2) is 7.48. The molecule has 1 aliphatic heterocycles. The Hall–Kier alpha value is -1.10. The third-order valence-electron chi connectivity index (χ3n) is 3.52. The minimum Gasteiger partial charge on any atom is -0.374 e. The molecule has 0 aliphatic carbocycles. The number of anilines is 1. The number of hydrogen-bond donors (Lipinski definition) is 1. The summed E-state index contributed by atoms with van der Waals surface area (Å²) in [7, 11) is 2.16. The molecule has 1 unspecified atom stereocenters. The van der Waals surface area contributed by atoms with Crippen LogP contribution in [-0.4, -0.2) is 57.4 Å². The fraction of sp³-hybridized carbons (Fsp3) is 0.600. The second-order valence-corrected chi connectivity index (χ2v) is 5.18. The molecule has 1 fully saturated rings. The lowest BCUT2D eigenvalue weighted by atomic mass is 10.2. The van der Waals surface area contributed by atoms with Gasteiger partial charge in [0.25, 0.3) is 0 Å². The molecule has 0 spiro atoms. The van der Waals surface area contributed by atoms with Crippen molar-refractivity contribution >= 4 is 5.69 Å². The van der Waals surface area contributed by atoms with Crippen molar-refractivity contribution in [3.05, 3.63) is 30.3 Å². The summed E-state index contributed by atoms with van der Waals surface area (Å²) < 4.78 is 5.87. The summed E-state index contributed by atoms with van der Waals surface area (Å²) in [4.78, 5) is 4.72. The third-order valence-corrected chi connectivity index (χ3v) is 3.52. The first-order valence-corrected chi connectivity index (χ1v) is 7.10. The number of nitrogens with two attached hydrogens (primary N) is 1. The molecule has 2 rings (SSSR count). The van der Waals surface area contributed by atoms with Gasteiger partial charge in [-0.15, -0.1) is 0 Å². The van der Waals surface area contributed by atoms with Gasteiger partial charge in [0.05, 0.1) is 12.7 Å². The lowest BCUT2D eigenvalue weighted by molar-refractivity contribution is -0.0147.